The van der Waals surface area contributed by atoms with E-state index in [0.29, 0.717) is 37.1 Å². The molecular formula is C22H22N2O5. The van der Waals surface area contributed by atoms with Gasteiger partial charge in [-0.3, -0.25) is 14.4 Å². The van der Waals surface area contributed by atoms with E-state index in [1.807, 2.05) is 24.3 Å². The van der Waals surface area contributed by atoms with E-state index in [2.05, 4.69) is 5.32 Å². The van der Waals surface area contributed by atoms with E-state index < -0.39 is 18.0 Å². The zero-order chi connectivity index (χ0) is 20.4. The first-order valence-corrected chi connectivity index (χ1v) is 9.69. The van der Waals surface area contributed by atoms with Crippen LogP contribution in [0.15, 0.2) is 48.5 Å². The lowest BCUT2D eigenvalue weighted by Crippen LogP contribution is -2.42. The fourth-order valence-corrected chi connectivity index (χ4v) is 3.83. The predicted octanol–water partition coefficient (Wildman–Crippen LogP) is 2.57. The van der Waals surface area contributed by atoms with Gasteiger partial charge in [-0.1, -0.05) is 24.3 Å². The number of carboxylic acid groups (broad SMARTS) is 1. The molecule has 0 radical (unpaired) electrons. The highest BCUT2D eigenvalue weighted by Crippen LogP contribution is 2.29. The van der Waals surface area contributed by atoms with Gasteiger partial charge in [-0.05, 0) is 42.7 Å². The predicted molar refractivity (Wildman–Crippen MR) is 106 cm³/mol. The molecule has 0 bridgehead atoms. The van der Waals surface area contributed by atoms with E-state index in [4.69, 9.17) is 4.74 Å². The Morgan fingerprint density at radius 1 is 1.10 bits per heavy atom. The van der Waals surface area contributed by atoms with Crippen molar-refractivity contribution in [2.75, 3.05) is 18.4 Å². The molecule has 0 aliphatic carbocycles. The van der Waals surface area contributed by atoms with Crippen LogP contribution >= 0.6 is 0 Å². The Hall–Kier alpha value is -3.35. The maximum atomic E-state index is 12.8. The molecule has 150 valence electrons. The second-order valence-electron chi connectivity index (χ2n) is 7.42. The number of likely N-dealkylation sites (tertiary alicyclic amines) is 1. The van der Waals surface area contributed by atoms with Crippen molar-refractivity contribution < 1.29 is 24.2 Å². The first kappa shape index (κ1) is 19.0. The van der Waals surface area contributed by atoms with Crippen molar-refractivity contribution in [2.45, 2.75) is 25.4 Å². The molecular weight excluding hydrogens is 372 g/mol. The van der Waals surface area contributed by atoms with Crippen molar-refractivity contribution in [1.82, 2.24) is 4.90 Å². The zero-order valence-corrected chi connectivity index (χ0v) is 15.8. The fraction of sp³-hybridized carbons (Fsp3) is 0.318. The van der Waals surface area contributed by atoms with E-state index in [9.17, 15) is 19.5 Å². The van der Waals surface area contributed by atoms with Gasteiger partial charge in [-0.2, -0.15) is 0 Å². The molecule has 2 N–H and O–H groups in total. The van der Waals surface area contributed by atoms with Crippen molar-refractivity contribution >= 4 is 23.5 Å². The van der Waals surface area contributed by atoms with Crippen molar-refractivity contribution in [3.8, 4) is 5.75 Å². The molecule has 1 fully saturated rings. The van der Waals surface area contributed by atoms with Crippen LogP contribution in [-0.2, 0) is 16.0 Å². The van der Waals surface area contributed by atoms with Gasteiger partial charge in [-0.25, -0.2) is 0 Å². The number of hydrogen-bond donors (Lipinski definition) is 2. The SMILES string of the molecule is O=C(O)C1CCCN(C(=O)c2cccc(NC(=O)C3Cc4ccccc4O3)c2)C1. The normalized spacial score (nSPS) is 20.5. The number of ether oxygens (including phenoxy) is 1. The molecule has 2 unspecified atom stereocenters. The third-order valence-electron chi connectivity index (χ3n) is 5.37. The molecule has 0 spiro atoms. The zero-order valence-electron chi connectivity index (χ0n) is 15.8. The summed E-state index contributed by atoms with van der Waals surface area (Å²) in [6.07, 6.45) is 1.15. The lowest BCUT2D eigenvalue weighted by atomic mass is 9.97. The average Bonchev–Trinajstić information content (AvgIpc) is 3.18. The van der Waals surface area contributed by atoms with Gasteiger partial charge in [0.05, 0.1) is 5.92 Å². The highest BCUT2D eigenvalue weighted by atomic mass is 16.5. The second kappa shape index (κ2) is 7.95. The van der Waals surface area contributed by atoms with Gasteiger partial charge in [0.2, 0.25) is 0 Å². The minimum absolute atomic E-state index is 0.207. The van der Waals surface area contributed by atoms with Gasteiger partial charge in [0.25, 0.3) is 11.8 Å². The number of hydrogen-bond acceptors (Lipinski definition) is 4. The number of rotatable bonds is 4. The smallest absolute Gasteiger partial charge is 0.308 e. The summed E-state index contributed by atoms with van der Waals surface area (Å²) in [5.74, 6) is -1.18. The van der Waals surface area contributed by atoms with Crippen LogP contribution in [0.2, 0.25) is 0 Å². The standard InChI is InChI=1S/C22H22N2O5/c25-20(19-12-14-5-1-2-9-18(14)29-19)23-17-8-3-6-15(11-17)21(26)24-10-4-7-16(13-24)22(27)28/h1-3,5-6,8-9,11,16,19H,4,7,10,12-13H2,(H,23,25)(H,27,28). The summed E-state index contributed by atoms with van der Waals surface area (Å²) < 4.78 is 5.71. The largest absolute Gasteiger partial charge is 0.481 e. The molecule has 2 aliphatic heterocycles. The van der Waals surface area contributed by atoms with Crippen molar-refractivity contribution in [1.29, 1.82) is 0 Å². The number of carbonyl (C=O) groups is 3. The molecule has 4 rings (SSSR count). The molecule has 2 aliphatic rings. The Morgan fingerprint density at radius 2 is 1.93 bits per heavy atom. The Morgan fingerprint density at radius 3 is 2.72 bits per heavy atom. The molecule has 0 aromatic heterocycles. The molecule has 2 amide bonds. The van der Waals surface area contributed by atoms with Gasteiger partial charge in [0.15, 0.2) is 6.10 Å². The third-order valence-corrected chi connectivity index (χ3v) is 5.37. The van der Waals surface area contributed by atoms with Gasteiger partial charge in [0.1, 0.15) is 5.75 Å². The molecule has 0 saturated carbocycles. The molecule has 2 atom stereocenters. The summed E-state index contributed by atoms with van der Waals surface area (Å²) in [4.78, 5) is 38.2. The number of nitrogens with one attached hydrogen (secondary N) is 1. The first-order valence-electron chi connectivity index (χ1n) is 9.69. The van der Waals surface area contributed by atoms with Gasteiger partial charge >= 0.3 is 5.97 Å². The summed E-state index contributed by atoms with van der Waals surface area (Å²) in [5, 5.41) is 12.0. The van der Waals surface area contributed by atoms with Crippen molar-refractivity contribution in [3.05, 3.63) is 59.7 Å². The number of carbonyl (C=O) groups excluding carboxylic acids is 2. The Kier molecular flexibility index (Phi) is 5.20. The number of para-hydroxylation sites is 1. The minimum Gasteiger partial charge on any atom is -0.481 e. The maximum absolute atomic E-state index is 12.8. The van der Waals surface area contributed by atoms with E-state index in [1.165, 1.54) is 0 Å². The maximum Gasteiger partial charge on any atom is 0.308 e. The number of aliphatic carboxylic acids is 1. The molecule has 1 saturated heterocycles. The number of benzene rings is 2. The minimum atomic E-state index is -0.874. The number of piperidine rings is 1. The van der Waals surface area contributed by atoms with Crippen LogP contribution in [0.25, 0.3) is 0 Å². The Bertz CT molecular complexity index is 933. The fourth-order valence-electron chi connectivity index (χ4n) is 3.83. The van der Waals surface area contributed by atoms with Crippen molar-refractivity contribution in [2.24, 2.45) is 5.92 Å². The van der Waals surface area contributed by atoms with Crippen LogP contribution < -0.4 is 10.1 Å². The lowest BCUT2D eigenvalue weighted by molar-refractivity contribution is -0.143. The lowest BCUT2D eigenvalue weighted by Gasteiger charge is -2.30. The van der Waals surface area contributed by atoms with E-state index >= 15 is 0 Å². The van der Waals surface area contributed by atoms with Crippen molar-refractivity contribution in [3.63, 3.8) is 0 Å². The summed E-state index contributed by atoms with van der Waals surface area (Å²) in [7, 11) is 0. The highest BCUT2D eigenvalue weighted by molar-refractivity contribution is 5.98. The summed E-state index contributed by atoms with van der Waals surface area (Å²) in [6.45, 7) is 0.742. The molecule has 7 nitrogen and oxygen atoms in total. The Labute approximate surface area is 168 Å². The molecule has 2 aromatic carbocycles. The number of fused-ring (bicyclic) bond motifs is 1. The second-order valence-corrected chi connectivity index (χ2v) is 7.42. The topological polar surface area (TPSA) is 95.9 Å². The van der Waals surface area contributed by atoms with E-state index in [-0.39, 0.29) is 18.4 Å². The van der Waals surface area contributed by atoms with Gasteiger partial charge in [0, 0.05) is 30.8 Å². The molecule has 7 heteroatoms. The molecule has 2 heterocycles. The number of carboxylic acids is 1. The summed E-state index contributed by atoms with van der Waals surface area (Å²) in [6, 6.07) is 14.3. The number of nitrogens with zero attached hydrogens (tertiary/aromatic N) is 1. The monoisotopic (exact) mass is 394 g/mol. The average molecular weight is 394 g/mol. The van der Waals surface area contributed by atoms with Gasteiger partial charge in [-0.15, -0.1) is 0 Å². The molecule has 29 heavy (non-hydrogen) atoms. The summed E-state index contributed by atoms with van der Waals surface area (Å²) >= 11 is 0. The highest BCUT2D eigenvalue weighted by Gasteiger charge is 2.30. The van der Waals surface area contributed by atoms with Crippen LogP contribution in [0.4, 0.5) is 5.69 Å². The van der Waals surface area contributed by atoms with Gasteiger partial charge < -0.3 is 20.1 Å². The van der Waals surface area contributed by atoms with E-state index in [1.54, 1.807) is 29.2 Å². The quantitative estimate of drug-likeness (QED) is 0.831. The third kappa shape index (κ3) is 4.08. The first-order chi connectivity index (χ1) is 14.0. The van der Waals surface area contributed by atoms with Crippen LogP contribution in [-0.4, -0.2) is 47.0 Å². The Balaban J connectivity index is 1.42. The summed E-state index contributed by atoms with van der Waals surface area (Å²) in [5.41, 5.74) is 1.92. The van der Waals surface area contributed by atoms with Crippen LogP contribution in [0.5, 0.6) is 5.75 Å². The van der Waals surface area contributed by atoms with E-state index in [0.717, 1.165) is 11.3 Å². The van der Waals surface area contributed by atoms with Crippen LogP contribution in [0, 0.1) is 5.92 Å². The number of amides is 2. The number of anilines is 1. The van der Waals surface area contributed by atoms with Crippen LogP contribution in [0.3, 0.4) is 0 Å². The van der Waals surface area contributed by atoms with Crippen LogP contribution in [0.1, 0.15) is 28.8 Å². The molecule has 2 aromatic rings.